The summed E-state index contributed by atoms with van der Waals surface area (Å²) in [5, 5.41) is 18.0. The first-order valence-corrected chi connectivity index (χ1v) is 6.55. The van der Waals surface area contributed by atoms with Crippen molar-refractivity contribution in [1.29, 1.82) is 0 Å². The summed E-state index contributed by atoms with van der Waals surface area (Å²) >= 11 is 0. The minimum atomic E-state index is -1.00. The van der Waals surface area contributed by atoms with E-state index in [1.165, 1.54) is 0 Å². The Bertz CT molecular complexity index is 284. The average Bonchev–Trinajstić information content (AvgIpc) is 2.30. The predicted octanol–water partition coefficient (Wildman–Crippen LogP) is 0.162. The Hall–Kier alpha value is -1.18. The second kappa shape index (κ2) is 9.71. The molecule has 7 heteroatoms. The zero-order valence-electron chi connectivity index (χ0n) is 11.6. The van der Waals surface area contributed by atoms with Crippen molar-refractivity contribution < 1.29 is 19.8 Å². The molecule has 0 aromatic carbocycles. The first-order valence-electron chi connectivity index (χ1n) is 6.55. The first-order chi connectivity index (χ1) is 8.88. The zero-order valence-corrected chi connectivity index (χ0v) is 11.6. The Morgan fingerprint density at radius 2 is 1.58 bits per heavy atom. The highest BCUT2D eigenvalue weighted by atomic mass is 16.4. The summed E-state index contributed by atoms with van der Waals surface area (Å²) in [6.07, 6.45) is 2.27. The van der Waals surface area contributed by atoms with Crippen LogP contribution in [-0.2, 0) is 9.59 Å². The van der Waals surface area contributed by atoms with Gasteiger partial charge >= 0.3 is 11.9 Å². The Morgan fingerprint density at radius 1 is 1.05 bits per heavy atom. The normalized spacial score (nSPS) is 14.3. The van der Waals surface area contributed by atoms with E-state index >= 15 is 0 Å². The van der Waals surface area contributed by atoms with Gasteiger partial charge in [-0.1, -0.05) is 13.8 Å². The molecule has 0 fully saturated rings. The Labute approximate surface area is 113 Å². The number of rotatable bonds is 11. The largest absolute Gasteiger partial charge is 0.480 e. The number of hydrogen-bond donors (Lipinski definition) is 5. The highest BCUT2D eigenvalue weighted by molar-refractivity contribution is 5.74. The fourth-order valence-corrected chi connectivity index (χ4v) is 1.64. The number of nitrogens with one attached hydrogen (secondary N) is 2. The fourth-order valence-electron chi connectivity index (χ4n) is 1.64. The van der Waals surface area contributed by atoms with Crippen LogP contribution in [0.15, 0.2) is 0 Å². The standard InChI is InChI=1S/C12H25N3O4/c1-8(2)7-10(12(18)19)15-14-9(11(16)17)5-3-4-6-13/h8-10,14-15H,3-7,13H2,1-2H3,(H,16,17)(H,18,19)/t9-,10-/m0/s1. The summed E-state index contributed by atoms with van der Waals surface area (Å²) in [7, 11) is 0. The molecule has 7 nitrogen and oxygen atoms in total. The van der Waals surface area contributed by atoms with Crippen LogP contribution in [0.5, 0.6) is 0 Å². The topological polar surface area (TPSA) is 125 Å². The van der Waals surface area contributed by atoms with E-state index in [4.69, 9.17) is 15.9 Å². The van der Waals surface area contributed by atoms with E-state index in [1.807, 2.05) is 13.8 Å². The average molecular weight is 275 g/mol. The van der Waals surface area contributed by atoms with Crippen LogP contribution in [0.1, 0.15) is 39.5 Å². The maximum absolute atomic E-state index is 11.0. The SMILES string of the molecule is CC(C)C[C@H](NN[C@@H](CCCCN)C(=O)O)C(=O)O. The fraction of sp³-hybridized carbons (Fsp3) is 0.833. The van der Waals surface area contributed by atoms with Crippen molar-refractivity contribution in [1.82, 2.24) is 10.9 Å². The van der Waals surface area contributed by atoms with Gasteiger partial charge < -0.3 is 15.9 Å². The van der Waals surface area contributed by atoms with Crippen molar-refractivity contribution in [2.45, 2.75) is 51.6 Å². The van der Waals surface area contributed by atoms with E-state index in [1.54, 1.807) is 0 Å². The molecule has 6 N–H and O–H groups in total. The molecule has 0 rings (SSSR count). The van der Waals surface area contributed by atoms with Gasteiger partial charge in [0, 0.05) is 0 Å². The van der Waals surface area contributed by atoms with Gasteiger partial charge in [0.05, 0.1) is 0 Å². The number of hydrogen-bond acceptors (Lipinski definition) is 5. The second-order valence-electron chi connectivity index (χ2n) is 4.98. The molecule has 0 aromatic rings. The highest BCUT2D eigenvalue weighted by Gasteiger charge is 2.22. The van der Waals surface area contributed by atoms with E-state index in [-0.39, 0.29) is 5.92 Å². The lowest BCUT2D eigenvalue weighted by atomic mass is 10.0. The Morgan fingerprint density at radius 3 is 2.00 bits per heavy atom. The van der Waals surface area contributed by atoms with E-state index < -0.39 is 24.0 Å². The number of aliphatic carboxylic acids is 2. The van der Waals surface area contributed by atoms with Crippen LogP contribution in [0.25, 0.3) is 0 Å². The Kier molecular flexibility index (Phi) is 9.11. The van der Waals surface area contributed by atoms with Crippen LogP contribution in [0.3, 0.4) is 0 Å². The summed E-state index contributed by atoms with van der Waals surface area (Å²) in [5.74, 6) is -1.79. The maximum atomic E-state index is 11.0. The quantitative estimate of drug-likeness (QED) is 0.269. The molecule has 0 amide bonds. The van der Waals surface area contributed by atoms with Crippen LogP contribution in [0.2, 0.25) is 0 Å². The first kappa shape index (κ1) is 17.8. The second-order valence-corrected chi connectivity index (χ2v) is 4.98. The molecule has 0 aliphatic carbocycles. The molecule has 0 aromatic heterocycles. The van der Waals surface area contributed by atoms with Gasteiger partial charge in [-0.25, -0.2) is 10.9 Å². The molecule has 0 saturated carbocycles. The lowest BCUT2D eigenvalue weighted by Crippen LogP contribution is -2.52. The highest BCUT2D eigenvalue weighted by Crippen LogP contribution is 2.05. The molecule has 0 aliphatic heterocycles. The predicted molar refractivity (Wildman–Crippen MR) is 71.5 cm³/mol. The third kappa shape index (κ3) is 8.52. The summed E-state index contributed by atoms with van der Waals surface area (Å²) in [6.45, 7) is 4.34. The van der Waals surface area contributed by atoms with E-state index in [2.05, 4.69) is 10.9 Å². The Balaban J connectivity index is 4.26. The molecule has 0 heterocycles. The number of carboxylic acid groups (broad SMARTS) is 2. The van der Waals surface area contributed by atoms with E-state index in [9.17, 15) is 9.59 Å². The van der Waals surface area contributed by atoms with Crippen molar-refractivity contribution in [3.63, 3.8) is 0 Å². The lowest BCUT2D eigenvalue weighted by Gasteiger charge is -2.20. The molecule has 0 unspecified atom stereocenters. The summed E-state index contributed by atoms with van der Waals surface area (Å²) in [6, 6.07) is -1.60. The molecular formula is C12H25N3O4. The van der Waals surface area contributed by atoms with Crippen LogP contribution in [0.4, 0.5) is 0 Å². The van der Waals surface area contributed by atoms with Gasteiger partial charge in [0.25, 0.3) is 0 Å². The monoisotopic (exact) mass is 275 g/mol. The molecule has 0 aliphatic rings. The molecule has 0 bridgehead atoms. The number of carbonyl (C=O) groups is 2. The van der Waals surface area contributed by atoms with Gasteiger partial charge in [-0.3, -0.25) is 9.59 Å². The smallest absolute Gasteiger partial charge is 0.322 e. The minimum Gasteiger partial charge on any atom is -0.480 e. The summed E-state index contributed by atoms with van der Waals surface area (Å²) in [5.41, 5.74) is 10.5. The molecule has 0 saturated heterocycles. The van der Waals surface area contributed by atoms with Crippen molar-refractivity contribution in [3.05, 3.63) is 0 Å². The minimum absolute atomic E-state index is 0.205. The zero-order chi connectivity index (χ0) is 14.8. The summed E-state index contributed by atoms with van der Waals surface area (Å²) in [4.78, 5) is 22.0. The van der Waals surface area contributed by atoms with Crippen LogP contribution >= 0.6 is 0 Å². The van der Waals surface area contributed by atoms with Crippen molar-refractivity contribution in [2.24, 2.45) is 11.7 Å². The van der Waals surface area contributed by atoms with Gasteiger partial charge in [0.2, 0.25) is 0 Å². The van der Waals surface area contributed by atoms with E-state index in [0.29, 0.717) is 25.8 Å². The number of nitrogens with two attached hydrogens (primary N) is 1. The summed E-state index contributed by atoms with van der Waals surface area (Å²) < 4.78 is 0. The van der Waals surface area contributed by atoms with Crippen LogP contribution in [0, 0.1) is 5.92 Å². The van der Waals surface area contributed by atoms with E-state index in [0.717, 1.165) is 6.42 Å². The third-order valence-electron chi connectivity index (χ3n) is 2.68. The van der Waals surface area contributed by atoms with Gasteiger partial charge in [0.15, 0.2) is 0 Å². The molecule has 19 heavy (non-hydrogen) atoms. The molecule has 2 atom stereocenters. The molecule has 112 valence electrons. The van der Waals surface area contributed by atoms with Crippen molar-refractivity contribution >= 4 is 11.9 Å². The number of carboxylic acids is 2. The van der Waals surface area contributed by atoms with Crippen LogP contribution < -0.4 is 16.6 Å². The van der Waals surface area contributed by atoms with Gasteiger partial charge in [0.1, 0.15) is 12.1 Å². The lowest BCUT2D eigenvalue weighted by molar-refractivity contribution is -0.143. The third-order valence-corrected chi connectivity index (χ3v) is 2.68. The van der Waals surface area contributed by atoms with Gasteiger partial charge in [-0.05, 0) is 38.1 Å². The number of hydrazine groups is 1. The molecule has 0 radical (unpaired) electrons. The maximum Gasteiger partial charge on any atom is 0.322 e. The number of unbranched alkanes of at least 4 members (excludes halogenated alkanes) is 1. The van der Waals surface area contributed by atoms with Crippen molar-refractivity contribution in [3.8, 4) is 0 Å². The van der Waals surface area contributed by atoms with Gasteiger partial charge in [-0.15, -0.1) is 0 Å². The molecular weight excluding hydrogens is 250 g/mol. The van der Waals surface area contributed by atoms with Crippen molar-refractivity contribution in [2.75, 3.05) is 6.54 Å². The molecule has 0 spiro atoms. The van der Waals surface area contributed by atoms with Gasteiger partial charge in [-0.2, -0.15) is 0 Å². The van der Waals surface area contributed by atoms with Crippen LogP contribution in [-0.4, -0.2) is 40.8 Å².